The molecule has 1 aliphatic carbocycles. The van der Waals surface area contributed by atoms with Gasteiger partial charge in [-0.15, -0.1) is 0 Å². The van der Waals surface area contributed by atoms with E-state index in [1.54, 1.807) is 30.5 Å². The average molecular weight is 743 g/mol. The van der Waals surface area contributed by atoms with Gasteiger partial charge in [-0.05, 0) is 77.7 Å². The highest BCUT2D eigenvalue weighted by atomic mass is 79.9. The Balaban J connectivity index is 1.54. The Morgan fingerprint density at radius 2 is 1.80 bits per heavy atom. The topological polar surface area (TPSA) is 65.7 Å². The van der Waals surface area contributed by atoms with Gasteiger partial charge in [0.25, 0.3) is 5.56 Å². The van der Waals surface area contributed by atoms with Crippen LogP contribution in [0.2, 0.25) is 15.1 Å². The van der Waals surface area contributed by atoms with Crippen molar-refractivity contribution in [1.29, 1.82) is 0 Å². The van der Waals surface area contributed by atoms with Crippen LogP contribution >= 0.6 is 66.7 Å². The summed E-state index contributed by atoms with van der Waals surface area (Å²) in [7, 11) is 0. The van der Waals surface area contributed by atoms with Gasteiger partial charge in [-0.2, -0.15) is 9.78 Å². The molecule has 4 aromatic rings. The first kappa shape index (κ1) is 30.4. The lowest BCUT2D eigenvalue weighted by molar-refractivity contribution is 0.269. The van der Waals surface area contributed by atoms with Gasteiger partial charge < -0.3 is 9.47 Å². The van der Waals surface area contributed by atoms with E-state index in [0.29, 0.717) is 59.9 Å². The molecule has 1 fully saturated rings. The molecule has 41 heavy (non-hydrogen) atoms. The summed E-state index contributed by atoms with van der Waals surface area (Å²) < 4.78 is 14.7. The van der Waals surface area contributed by atoms with Crippen LogP contribution in [0.15, 0.2) is 61.3 Å². The van der Waals surface area contributed by atoms with Gasteiger partial charge >= 0.3 is 0 Å². The first-order chi connectivity index (χ1) is 19.8. The molecule has 0 amide bonds. The third-order valence-electron chi connectivity index (χ3n) is 6.94. The minimum Gasteiger partial charge on any atom is -0.490 e. The van der Waals surface area contributed by atoms with E-state index in [1.165, 1.54) is 11.1 Å². The molecule has 0 N–H and O–H groups in total. The number of ether oxygens (including phenoxy) is 2. The summed E-state index contributed by atoms with van der Waals surface area (Å²) >= 11 is 26.0. The Morgan fingerprint density at radius 1 is 1.02 bits per heavy atom. The number of benzene rings is 3. The lowest BCUT2D eigenvalue weighted by Crippen LogP contribution is -2.25. The van der Waals surface area contributed by atoms with E-state index >= 15 is 0 Å². The maximum Gasteiger partial charge on any atom is 0.282 e. The van der Waals surface area contributed by atoms with Crippen LogP contribution in [-0.2, 0) is 6.61 Å². The molecule has 0 saturated heterocycles. The normalized spacial score (nSPS) is 14.2. The molecule has 0 unspecified atom stereocenters. The number of fused-ring (bicyclic) bond motifs is 1. The SMILES string of the molecule is CCOc1cc(C=Nn2c(C3CCCCC3)nc3ccc(Br)cc3c2=O)c(Br)c(Cl)c1OCc1ccc(Cl)c(Cl)c1. The van der Waals surface area contributed by atoms with Crippen molar-refractivity contribution in [3.8, 4) is 11.5 Å². The molecule has 6 nitrogen and oxygen atoms in total. The molecule has 0 bridgehead atoms. The summed E-state index contributed by atoms with van der Waals surface area (Å²) in [6, 6.07) is 12.6. The maximum absolute atomic E-state index is 13.7. The highest BCUT2D eigenvalue weighted by molar-refractivity contribution is 9.10. The third-order valence-corrected chi connectivity index (χ3v) is 9.61. The fourth-order valence-corrected chi connectivity index (χ4v) is 6.24. The van der Waals surface area contributed by atoms with Gasteiger partial charge in [0, 0.05) is 20.4 Å². The van der Waals surface area contributed by atoms with Crippen LogP contribution < -0.4 is 15.0 Å². The van der Waals surface area contributed by atoms with Gasteiger partial charge in [-0.25, -0.2) is 4.98 Å². The molecule has 1 aromatic heterocycles. The van der Waals surface area contributed by atoms with E-state index in [-0.39, 0.29) is 18.1 Å². The van der Waals surface area contributed by atoms with Crippen molar-refractivity contribution in [3.05, 3.63) is 93.8 Å². The van der Waals surface area contributed by atoms with Crippen molar-refractivity contribution in [2.75, 3.05) is 6.61 Å². The maximum atomic E-state index is 13.7. The molecular formula is C30H26Br2Cl3N3O3. The highest BCUT2D eigenvalue weighted by Gasteiger charge is 2.23. The van der Waals surface area contributed by atoms with Crippen molar-refractivity contribution in [1.82, 2.24) is 9.66 Å². The standard InChI is InChI=1S/C30H26Br2Cl3N3O3/c1-2-40-25-13-19(26(32)27(35)28(25)41-16-17-8-10-22(33)23(34)12-17)15-36-38-29(18-6-4-3-5-7-18)37-24-11-9-20(31)14-21(24)30(38)39/h8-15,18H,2-7,16H2,1H3. The number of hydrogen-bond donors (Lipinski definition) is 0. The Hall–Kier alpha value is -2.10. The Labute approximate surface area is 269 Å². The van der Waals surface area contributed by atoms with E-state index in [0.717, 1.165) is 35.7 Å². The molecular weight excluding hydrogens is 717 g/mol. The first-order valence-electron chi connectivity index (χ1n) is 13.2. The molecule has 5 rings (SSSR count). The van der Waals surface area contributed by atoms with Gasteiger partial charge in [-0.3, -0.25) is 4.79 Å². The third kappa shape index (κ3) is 6.78. The summed E-state index contributed by atoms with van der Waals surface area (Å²) in [6.07, 6.45) is 6.93. The minimum atomic E-state index is -0.220. The first-order valence-corrected chi connectivity index (χ1v) is 16.0. The number of aromatic nitrogens is 2. The van der Waals surface area contributed by atoms with Crippen LogP contribution in [0.5, 0.6) is 11.5 Å². The summed E-state index contributed by atoms with van der Waals surface area (Å²) in [5.74, 6) is 1.66. The molecule has 1 heterocycles. The molecule has 0 aliphatic heterocycles. The van der Waals surface area contributed by atoms with Gasteiger partial charge in [0.15, 0.2) is 11.5 Å². The van der Waals surface area contributed by atoms with Crippen LogP contribution in [-0.4, -0.2) is 22.5 Å². The second kappa shape index (κ2) is 13.5. The zero-order chi connectivity index (χ0) is 29.1. The van der Waals surface area contributed by atoms with Crippen molar-refractivity contribution in [2.24, 2.45) is 5.10 Å². The van der Waals surface area contributed by atoms with Crippen LogP contribution in [0.25, 0.3) is 10.9 Å². The van der Waals surface area contributed by atoms with Crippen LogP contribution in [0.4, 0.5) is 0 Å². The highest BCUT2D eigenvalue weighted by Crippen LogP contribution is 2.43. The summed E-state index contributed by atoms with van der Waals surface area (Å²) in [5, 5.41) is 6.38. The monoisotopic (exact) mass is 739 g/mol. The molecule has 1 aliphatic rings. The number of halogens is 5. The lowest BCUT2D eigenvalue weighted by atomic mass is 9.88. The molecule has 1 saturated carbocycles. The van der Waals surface area contributed by atoms with Crippen molar-refractivity contribution >= 4 is 83.8 Å². The van der Waals surface area contributed by atoms with Crippen LogP contribution in [0, 0.1) is 0 Å². The molecule has 0 spiro atoms. The van der Waals surface area contributed by atoms with Gasteiger partial charge in [0.1, 0.15) is 17.5 Å². The van der Waals surface area contributed by atoms with E-state index < -0.39 is 0 Å². The van der Waals surface area contributed by atoms with Crippen LogP contribution in [0.3, 0.4) is 0 Å². The number of hydrogen-bond acceptors (Lipinski definition) is 5. The predicted molar refractivity (Wildman–Crippen MR) is 174 cm³/mol. The second-order valence-corrected chi connectivity index (χ2v) is 12.6. The quantitative estimate of drug-likeness (QED) is 0.169. The van der Waals surface area contributed by atoms with Crippen molar-refractivity contribution in [2.45, 2.75) is 51.6 Å². The zero-order valence-corrected chi connectivity index (χ0v) is 27.5. The van der Waals surface area contributed by atoms with E-state index in [2.05, 4.69) is 37.0 Å². The summed E-state index contributed by atoms with van der Waals surface area (Å²) in [6.45, 7) is 2.48. The number of rotatable bonds is 8. The van der Waals surface area contributed by atoms with E-state index in [9.17, 15) is 4.79 Å². The van der Waals surface area contributed by atoms with Gasteiger partial charge in [-0.1, -0.05) is 76.1 Å². The number of nitrogens with zero attached hydrogens (tertiary/aromatic N) is 3. The molecule has 0 atom stereocenters. The summed E-state index contributed by atoms with van der Waals surface area (Å²) in [4.78, 5) is 18.6. The molecule has 3 aromatic carbocycles. The summed E-state index contributed by atoms with van der Waals surface area (Å²) in [5.41, 5.74) is 1.89. The van der Waals surface area contributed by atoms with Crippen molar-refractivity contribution < 1.29 is 9.47 Å². The Kier molecular flexibility index (Phi) is 9.97. The fourth-order valence-electron chi connectivity index (χ4n) is 4.90. The van der Waals surface area contributed by atoms with E-state index in [1.807, 2.05) is 25.1 Å². The Bertz CT molecular complexity index is 1690. The molecule has 0 radical (unpaired) electrons. The van der Waals surface area contributed by atoms with Gasteiger partial charge in [0.05, 0.1) is 33.8 Å². The smallest absolute Gasteiger partial charge is 0.282 e. The fraction of sp³-hybridized carbons (Fsp3) is 0.300. The van der Waals surface area contributed by atoms with Crippen LogP contribution in [0.1, 0.15) is 61.9 Å². The van der Waals surface area contributed by atoms with E-state index in [4.69, 9.17) is 49.3 Å². The Morgan fingerprint density at radius 3 is 2.54 bits per heavy atom. The second-order valence-electron chi connectivity index (χ2n) is 9.72. The average Bonchev–Trinajstić information content (AvgIpc) is 2.97. The molecule has 11 heteroatoms. The predicted octanol–water partition coefficient (Wildman–Crippen LogP) is 9.79. The van der Waals surface area contributed by atoms with Gasteiger partial charge in [0.2, 0.25) is 0 Å². The zero-order valence-electron chi connectivity index (χ0n) is 22.1. The molecule has 214 valence electrons. The lowest BCUT2D eigenvalue weighted by Gasteiger charge is -2.23. The minimum absolute atomic E-state index is 0.157. The van der Waals surface area contributed by atoms with Crippen molar-refractivity contribution in [3.63, 3.8) is 0 Å². The largest absolute Gasteiger partial charge is 0.490 e.